The molecule has 156 valence electrons. The quantitative estimate of drug-likeness (QED) is 0.626. The predicted molar refractivity (Wildman–Crippen MR) is 117 cm³/mol. The standard InChI is InChI=1S/C23H26FN5O/c1-3-29(4-2)13-22(30)27-18-7-5-15-9-19(11-16(15)10-18)28-23-20-12-17(24)6-8-21(20)25-14-26-23/h5-8,10,12,14,19H,3-4,9,11,13H2,1-2H3,(H,27,30)(H,25,26,28). The van der Waals surface area contributed by atoms with Crippen molar-refractivity contribution >= 4 is 28.3 Å². The predicted octanol–water partition coefficient (Wildman–Crippen LogP) is 3.63. The third-order valence-electron chi connectivity index (χ3n) is 5.62. The van der Waals surface area contributed by atoms with Crippen LogP contribution in [-0.4, -0.2) is 46.5 Å². The van der Waals surface area contributed by atoms with Gasteiger partial charge in [-0.1, -0.05) is 19.9 Å². The van der Waals surface area contributed by atoms with Crippen molar-refractivity contribution in [3.8, 4) is 0 Å². The fourth-order valence-electron chi connectivity index (χ4n) is 3.99. The molecule has 1 atom stereocenters. The number of nitrogens with zero attached hydrogens (tertiary/aromatic N) is 3. The molecule has 0 saturated carbocycles. The Labute approximate surface area is 175 Å². The zero-order chi connectivity index (χ0) is 21.1. The number of nitrogens with one attached hydrogen (secondary N) is 2. The first-order valence-electron chi connectivity index (χ1n) is 10.4. The highest BCUT2D eigenvalue weighted by molar-refractivity contribution is 5.92. The number of carbonyl (C=O) groups excluding carboxylic acids is 1. The van der Waals surface area contributed by atoms with E-state index in [1.165, 1.54) is 29.6 Å². The van der Waals surface area contributed by atoms with Crippen molar-refractivity contribution < 1.29 is 9.18 Å². The number of anilines is 2. The second-order valence-electron chi connectivity index (χ2n) is 7.63. The van der Waals surface area contributed by atoms with Gasteiger partial charge in [-0.3, -0.25) is 9.69 Å². The fourth-order valence-corrected chi connectivity index (χ4v) is 3.99. The first kappa shape index (κ1) is 20.2. The minimum absolute atomic E-state index is 0.000744. The Morgan fingerprint density at radius 2 is 1.90 bits per heavy atom. The van der Waals surface area contributed by atoms with E-state index in [4.69, 9.17) is 0 Å². The number of benzene rings is 2. The monoisotopic (exact) mass is 407 g/mol. The van der Waals surface area contributed by atoms with Crippen LogP contribution in [0.3, 0.4) is 0 Å². The molecule has 1 unspecified atom stereocenters. The van der Waals surface area contributed by atoms with Gasteiger partial charge in [-0.05, 0) is 67.4 Å². The Morgan fingerprint density at radius 3 is 2.70 bits per heavy atom. The van der Waals surface area contributed by atoms with Gasteiger partial charge in [-0.15, -0.1) is 0 Å². The molecule has 0 spiro atoms. The van der Waals surface area contributed by atoms with Crippen molar-refractivity contribution in [2.24, 2.45) is 0 Å². The van der Waals surface area contributed by atoms with Crippen LogP contribution in [0.1, 0.15) is 25.0 Å². The van der Waals surface area contributed by atoms with Crippen LogP contribution in [0.4, 0.5) is 15.9 Å². The summed E-state index contributed by atoms with van der Waals surface area (Å²) in [4.78, 5) is 22.9. The summed E-state index contributed by atoms with van der Waals surface area (Å²) < 4.78 is 13.7. The van der Waals surface area contributed by atoms with Gasteiger partial charge in [0.1, 0.15) is 18.0 Å². The normalized spacial score (nSPS) is 15.4. The van der Waals surface area contributed by atoms with Crippen molar-refractivity contribution in [1.82, 2.24) is 14.9 Å². The Hall–Kier alpha value is -3.06. The molecular weight excluding hydrogens is 381 g/mol. The number of hydrogen-bond donors (Lipinski definition) is 2. The molecule has 30 heavy (non-hydrogen) atoms. The number of halogens is 1. The van der Waals surface area contributed by atoms with E-state index in [0.717, 1.165) is 31.6 Å². The lowest BCUT2D eigenvalue weighted by atomic mass is 10.1. The molecule has 2 N–H and O–H groups in total. The lowest BCUT2D eigenvalue weighted by molar-refractivity contribution is -0.117. The Kier molecular flexibility index (Phi) is 5.90. The summed E-state index contributed by atoms with van der Waals surface area (Å²) in [6.07, 6.45) is 3.16. The number of amides is 1. The van der Waals surface area contributed by atoms with Crippen molar-refractivity contribution in [2.75, 3.05) is 30.3 Å². The first-order chi connectivity index (χ1) is 14.6. The molecule has 4 rings (SSSR count). The maximum absolute atomic E-state index is 13.7. The molecule has 2 aromatic carbocycles. The number of fused-ring (bicyclic) bond motifs is 2. The van der Waals surface area contributed by atoms with Crippen LogP contribution < -0.4 is 10.6 Å². The van der Waals surface area contributed by atoms with Gasteiger partial charge in [0.15, 0.2) is 0 Å². The van der Waals surface area contributed by atoms with Gasteiger partial charge < -0.3 is 10.6 Å². The first-order valence-corrected chi connectivity index (χ1v) is 10.4. The van der Waals surface area contributed by atoms with Gasteiger partial charge in [0.2, 0.25) is 5.91 Å². The van der Waals surface area contributed by atoms with Gasteiger partial charge in [0.25, 0.3) is 0 Å². The van der Waals surface area contributed by atoms with Crippen LogP contribution >= 0.6 is 0 Å². The highest BCUT2D eigenvalue weighted by atomic mass is 19.1. The van der Waals surface area contributed by atoms with E-state index in [-0.39, 0.29) is 17.8 Å². The van der Waals surface area contributed by atoms with Gasteiger partial charge >= 0.3 is 0 Å². The zero-order valence-corrected chi connectivity index (χ0v) is 17.3. The summed E-state index contributed by atoms with van der Waals surface area (Å²) in [6, 6.07) is 10.8. The average Bonchev–Trinajstić information content (AvgIpc) is 3.14. The van der Waals surface area contributed by atoms with Crippen LogP contribution in [0.2, 0.25) is 0 Å². The Balaban J connectivity index is 1.44. The summed E-state index contributed by atoms with van der Waals surface area (Å²) in [5.74, 6) is 0.339. The second-order valence-corrected chi connectivity index (χ2v) is 7.63. The maximum atomic E-state index is 13.7. The van der Waals surface area contributed by atoms with E-state index in [0.29, 0.717) is 23.3 Å². The Morgan fingerprint density at radius 1 is 1.10 bits per heavy atom. The van der Waals surface area contributed by atoms with Crippen LogP contribution in [0.15, 0.2) is 42.7 Å². The summed E-state index contributed by atoms with van der Waals surface area (Å²) in [6.45, 7) is 6.20. The van der Waals surface area contributed by atoms with Crippen molar-refractivity contribution in [3.63, 3.8) is 0 Å². The highest BCUT2D eigenvalue weighted by Gasteiger charge is 2.23. The van der Waals surface area contributed by atoms with Gasteiger partial charge in [-0.2, -0.15) is 0 Å². The molecule has 0 radical (unpaired) electrons. The minimum Gasteiger partial charge on any atom is -0.366 e. The number of likely N-dealkylation sites (N-methyl/N-ethyl adjacent to an activating group) is 1. The van der Waals surface area contributed by atoms with E-state index in [1.54, 1.807) is 6.07 Å². The molecule has 1 amide bonds. The smallest absolute Gasteiger partial charge is 0.238 e. The topological polar surface area (TPSA) is 70.2 Å². The van der Waals surface area contributed by atoms with E-state index in [1.807, 2.05) is 6.07 Å². The summed E-state index contributed by atoms with van der Waals surface area (Å²) in [5.41, 5.74) is 3.99. The molecule has 1 aliphatic rings. The van der Waals surface area contributed by atoms with Crippen molar-refractivity contribution in [3.05, 3.63) is 59.7 Å². The summed E-state index contributed by atoms with van der Waals surface area (Å²) >= 11 is 0. The number of rotatable bonds is 7. The van der Waals surface area contributed by atoms with Crippen LogP contribution in [0.25, 0.3) is 10.9 Å². The van der Waals surface area contributed by atoms with E-state index < -0.39 is 0 Å². The van der Waals surface area contributed by atoms with E-state index in [2.05, 4.69) is 51.5 Å². The average molecular weight is 407 g/mol. The molecule has 3 aromatic rings. The third kappa shape index (κ3) is 4.41. The van der Waals surface area contributed by atoms with E-state index in [9.17, 15) is 9.18 Å². The van der Waals surface area contributed by atoms with Crippen LogP contribution in [0, 0.1) is 5.82 Å². The minimum atomic E-state index is -0.305. The molecule has 0 bridgehead atoms. The largest absolute Gasteiger partial charge is 0.366 e. The van der Waals surface area contributed by atoms with Gasteiger partial charge in [0, 0.05) is 17.1 Å². The lowest BCUT2D eigenvalue weighted by Gasteiger charge is -2.17. The number of aromatic nitrogens is 2. The van der Waals surface area contributed by atoms with Crippen LogP contribution in [0.5, 0.6) is 0 Å². The molecule has 1 aliphatic carbocycles. The number of hydrogen-bond acceptors (Lipinski definition) is 5. The second kappa shape index (κ2) is 8.75. The molecular formula is C23H26FN5O. The molecule has 7 heteroatoms. The molecule has 0 saturated heterocycles. The zero-order valence-electron chi connectivity index (χ0n) is 17.3. The van der Waals surface area contributed by atoms with Crippen LogP contribution in [-0.2, 0) is 17.6 Å². The molecule has 1 heterocycles. The molecule has 0 fully saturated rings. The molecule has 1 aromatic heterocycles. The lowest BCUT2D eigenvalue weighted by Crippen LogP contribution is -2.32. The number of carbonyl (C=O) groups is 1. The van der Waals surface area contributed by atoms with Crippen molar-refractivity contribution in [1.29, 1.82) is 0 Å². The summed E-state index contributed by atoms with van der Waals surface area (Å²) in [7, 11) is 0. The fraction of sp³-hybridized carbons (Fsp3) is 0.348. The third-order valence-corrected chi connectivity index (χ3v) is 5.62. The van der Waals surface area contributed by atoms with E-state index >= 15 is 0 Å². The highest BCUT2D eigenvalue weighted by Crippen LogP contribution is 2.29. The molecule has 6 nitrogen and oxygen atoms in total. The van der Waals surface area contributed by atoms with Gasteiger partial charge in [-0.25, -0.2) is 14.4 Å². The molecule has 0 aliphatic heterocycles. The summed E-state index contributed by atoms with van der Waals surface area (Å²) in [5, 5.41) is 7.13. The SMILES string of the molecule is CCN(CC)CC(=O)Nc1ccc2c(c1)CC(Nc1ncnc3ccc(F)cc13)C2. The maximum Gasteiger partial charge on any atom is 0.238 e. The Bertz CT molecular complexity index is 1070. The van der Waals surface area contributed by atoms with Crippen molar-refractivity contribution in [2.45, 2.75) is 32.7 Å². The van der Waals surface area contributed by atoms with Gasteiger partial charge in [0.05, 0.1) is 12.1 Å².